The van der Waals surface area contributed by atoms with Gasteiger partial charge in [0.25, 0.3) is 0 Å². The molecule has 1 saturated heterocycles. The van der Waals surface area contributed by atoms with Crippen LogP contribution in [0, 0.1) is 0 Å². The Morgan fingerprint density at radius 1 is 0.679 bits per heavy atom. The number of hydrogen-bond acceptors (Lipinski definition) is 4. The van der Waals surface area contributed by atoms with Crippen molar-refractivity contribution in [3.05, 3.63) is 59.7 Å². The first-order valence-electron chi connectivity index (χ1n) is 10.0. The summed E-state index contributed by atoms with van der Waals surface area (Å²) in [6, 6.07) is 17.4. The van der Waals surface area contributed by atoms with E-state index in [9.17, 15) is 0 Å². The maximum atomic E-state index is 9.09. The molecule has 4 nitrogen and oxygen atoms in total. The summed E-state index contributed by atoms with van der Waals surface area (Å²) in [4.78, 5) is 7.39. The van der Waals surface area contributed by atoms with Gasteiger partial charge in [-0.3, -0.25) is 4.90 Å². The topological polar surface area (TPSA) is 30.0 Å². The third-order valence-electron chi connectivity index (χ3n) is 5.63. The van der Waals surface area contributed by atoms with Gasteiger partial charge in [0.2, 0.25) is 0 Å². The summed E-state index contributed by atoms with van der Waals surface area (Å²) < 4.78 is 0. The van der Waals surface area contributed by atoms with Gasteiger partial charge in [0.15, 0.2) is 0 Å². The van der Waals surface area contributed by atoms with Gasteiger partial charge in [-0.2, -0.15) is 0 Å². The maximum absolute atomic E-state index is 9.09. The van der Waals surface area contributed by atoms with Gasteiger partial charge in [-0.15, -0.1) is 12.4 Å². The predicted molar refractivity (Wildman–Crippen MR) is 121 cm³/mol. The Morgan fingerprint density at radius 2 is 1.18 bits per heavy atom. The van der Waals surface area contributed by atoms with Gasteiger partial charge in [-0.25, -0.2) is 0 Å². The molecule has 0 atom stereocenters. The number of piperazine rings is 1. The van der Waals surface area contributed by atoms with Gasteiger partial charge in [-0.1, -0.05) is 48.6 Å². The van der Waals surface area contributed by atoms with Crippen molar-refractivity contribution in [3.8, 4) is 0 Å². The molecule has 0 aliphatic carbocycles. The summed E-state index contributed by atoms with van der Waals surface area (Å²) in [6.07, 6.45) is 5.60. The molecule has 2 heterocycles. The Morgan fingerprint density at radius 3 is 1.71 bits per heavy atom. The first kappa shape index (κ1) is 20.9. The molecular formula is C23H30ClN3O. The molecule has 0 amide bonds. The van der Waals surface area contributed by atoms with Crippen molar-refractivity contribution in [2.45, 2.75) is 6.42 Å². The van der Waals surface area contributed by atoms with Gasteiger partial charge in [0, 0.05) is 50.6 Å². The van der Waals surface area contributed by atoms with E-state index >= 15 is 0 Å². The first-order valence-corrected chi connectivity index (χ1v) is 10.0. The van der Waals surface area contributed by atoms with E-state index in [4.69, 9.17) is 5.11 Å². The maximum Gasteiger partial charge on any atom is 0.0558 e. The molecule has 0 unspecified atom stereocenters. The molecule has 2 aromatic rings. The number of rotatable bonds is 6. The van der Waals surface area contributed by atoms with E-state index in [1.807, 2.05) is 0 Å². The van der Waals surface area contributed by atoms with Crippen LogP contribution in [0.2, 0.25) is 0 Å². The van der Waals surface area contributed by atoms with E-state index in [0.29, 0.717) is 0 Å². The Labute approximate surface area is 174 Å². The molecule has 0 spiro atoms. The van der Waals surface area contributed by atoms with Gasteiger partial charge in [0.05, 0.1) is 6.61 Å². The molecule has 4 rings (SSSR count). The van der Waals surface area contributed by atoms with Crippen LogP contribution in [0.3, 0.4) is 0 Å². The lowest BCUT2D eigenvalue weighted by atomic mass is 10.1. The fraction of sp³-hybridized carbons (Fsp3) is 0.391. The van der Waals surface area contributed by atoms with Crippen LogP contribution < -0.4 is 4.90 Å². The zero-order valence-corrected chi connectivity index (χ0v) is 17.2. The molecule has 2 aliphatic heterocycles. The minimum absolute atomic E-state index is 0. The standard InChI is InChI=1S/C23H29N3O.ClH/c27-19-18-25-16-14-24(15-17-25)12-5-13-26-22-8-3-1-6-20(22)10-11-21-7-2-4-9-23(21)26;/h1-4,6-11,27H,5,12-19H2;1H. The highest BCUT2D eigenvalue weighted by Gasteiger charge is 2.19. The average Bonchev–Trinajstić information content (AvgIpc) is 2.87. The summed E-state index contributed by atoms with van der Waals surface area (Å²) in [5.41, 5.74) is 5.16. The third-order valence-corrected chi connectivity index (χ3v) is 5.63. The summed E-state index contributed by atoms with van der Waals surface area (Å²) in [6.45, 7) is 7.57. The normalized spacial score (nSPS) is 16.8. The number of aliphatic hydroxyl groups is 1. The van der Waals surface area contributed by atoms with Crippen LogP contribution in [0.1, 0.15) is 17.5 Å². The van der Waals surface area contributed by atoms with Gasteiger partial charge >= 0.3 is 0 Å². The van der Waals surface area contributed by atoms with Crippen molar-refractivity contribution >= 4 is 35.9 Å². The monoisotopic (exact) mass is 399 g/mol. The van der Waals surface area contributed by atoms with E-state index in [0.717, 1.165) is 52.2 Å². The molecule has 1 N–H and O–H groups in total. The van der Waals surface area contributed by atoms with Crippen LogP contribution in [0.25, 0.3) is 12.2 Å². The molecule has 2 aromatic carbocycles. The van der Waals surface area contributed by atoms with Crippen LogP contribution in [0.5, 0.6) is 0 Å². The number of fused-ring (bicyclic) bond motifs is 2. The van der Waals surface area contributed by atoms with Gasteiger partial charge in [0.1, 0.15) is 0 Å². The largest absolute Gasteiger partial charge is 0.395 e. The number of benzene rings is 2. The number of aliphatic hydroxyl groups excluding tert-OH is 1. The van der Waals surface area contributed by atoms with Gasteiger partial charge in [-0.05, 0) is 36.2 Å². The highest BCUT2D eigenvalue weighted by Crippen LogP contribution is 2.36. The Kier molecular flexibility index (Phi) is 7.51. The molecule has 150 valence electrons. The lowest BCUT2D eigenvalue weighted by molar-refractivity contribution is 0.112. The number of anilines is 2. The lowest BCUT2D eigenvalue weighted by Crippen LogP contribution is -2.47. The van der Waals surface area contributed by atoms with Crippen LogP contribution in [-0.2, 0) is 0 Å². The lowest BCUT2D eigenvalue weighted by Gasteiger charge is -2.35. The highest BCUT2D eigenvalue weighted by atomic mass is 35.5. The van der Waals surface area contributed by atoms with Gasteiger partial charge < -0.3 is 14.9 Å². The number of halogens is 1. The third kappa shape index (κ3) is 4.76. The number of β-amino-alcohol motifs (C(OH)–C–C–N with tert-alkyl or cyclic N) is 1. The zero-order chi connectivity index (χ0) is 18.5. The molecule has 2 aliphatic rings. The summed E-state index contributed by atoms with van der Waals surface area (Å²) in [5, 5.41) is 9.09. The quantitative estimate of drug-likeness (QED) is 0.801. The second-order valence-corrected chi connectivity index (χ2v) is 7.36. The molecule has 1 fully saturated rings. The van der Waals surface area contributed by atoms with Crippen molar-refractivity contribution in [1.82, 2.24) is 9.80 Å². The Balaban J connectivity index is 0.00000225. The van der Waals surface area contributed by atoms with Crippen molar-refractivity contribution in [1.29, 1.82) is 0 Å². The smallest absolute Gasteiger partial charge is 0.0558 e. The Bertz CT molecular complexity index is 737. The fourth-order valence-corrected chi connectivity index (χ4v) is 4.13. The second kappa shape index (κ2) is 10.1. The van der Waals surface area contributed by atoms with E-state index < -0.39 is 0 Å². The molecule has 0 aromatic heterocycles. The molecule has 28 heavy (non-hydrogen) atoms. The number of para-hydroxylation sites is 2. The summed E-state index contributed by atoms with van der Waals surface area (Å²) in [7, 11) is 0. The molecule has 5 heteroatoms. The van der Waals surface area contributed by atoms with Crippen molar-refractivity contribution in [3.63, 3.8) is 0 Å². The van der Waals surface area contributed by atoms with E-state index in [1.54, 1.807) is 0 Å². The molecule has 0 radical (unpaired) electrons. The number of hydrogen-bond donors (Lipinski definition) is 1. The molecule has 0 bridgehead atoms. The van der Waals surface area contributed by atoms with Crippen molar-refractivity contribution in [2.24, 2.45) is 0 Å². The molecule has 0 saturated carbocycles. The minimum Gasteiger partial charge on any atom is -0.395 e. The SMILES string of the molecule is Cl.OCCN1CCN(CCCN2c3ccccc3C=Cc3ccccc32)CC1. The predicted octanol–water partition coefficient (Wildman–Crippen LogP) is 3.73. The molecular weight excluding hydrogens is 370 g/mol. The first-order chi connectivity index (χ1) is 13.3. The summed E-state index contributed by atoms with van der Waals surface area (Å²) in [5.74, 6) is 0. The van der Waals surface area contributed by atoms with E-state index in [1.165, 1.54) is 22.5 Å². The van der Waals surface area contributed by atoms with E-state index in [-0.39, 0.29) is 19.0 Å². The van der Waals surface area contributed by atoms with Crippen molar-refractivity contribution in [2.75, 3.05) is 57.3 Å². The number of nitrogens with zero attached hydrogens (tertiary/aromatic N) is 3. The minimum atomic E-state index is 0. The second-order valence-electron chi connectivity index (χ2n) is 7.36. The van der Waals surface area contributed by atoms with E-state index in [2.05, 4.69) is 75.4 Å². The van der Waals surface area contributed by atoms with Crippen molar-refractivity contribution < 1.29 is 5.11 Å². The van der Waals surface area contributed by atoms with Crippen LogP contribution >= 0.6 is 12.4 Å². The zero-order valence-electron chi connectivity index (χ0n) is 16.3. The summed E-state index contributed by atoms with van der Waals surface area (Å²) >= 11 is 0. The van der Waals surface area contributed by atoms with Crippen LogP contribution in [0.15, 0.2) is 48.5 Å². The Hall–Kier alpha value is -1.85. The van der Waals surface area contributed by atoms with Crippen LogP contribution in [0.4, 0.5) is 11.4 Å². The van der Waals surface area contributed by atoms with Crippen LogP contribution in [-0.4, -0.2) is 67.3 Å². The fourth-order valence-electron chi connectivity index (χ4n) is 4.13. The average molecular weight is 400 g/mol. The highest BCUT2D eigenvalue weighted by molar-refractivity contribution is 5.88.